The van der Waals surface area contributed by atoms with Gasteiger partial charge in [0.05, 0.1) is 7.11 Å². The van der Waals surface area contributed by atoms with Gasteiger partial charge < -0.3 is 15.4 Å². The zero-order valence-electron chi connectivity index (χ0n) is 11.4. The fourth-order valence-corrected chi connectivity index (χ4v) is 3.26. The van der Waals surface area contributed by atoms with Gasteiger partial charge in [0.1, 0.15) is 5.15 Å². The fourth-order valence-electron chi connectivity index (χ4n) is 3.05. The smallest absolute Gasteiger partial charge is 0.220 e. The average molecular weight is 296 g/mol. The molecule has 0 bridgehead atoms. The van der Waals surface area contributed by atoms with Gasteiger partial charge in [-0.1, -0.05) is 11.6 Å². The van der Waals surface area contributed by atoms with Crippen molar-refractivity contribution >= 4 is 17.5 Å². The third kappa shape index (κ3) is 2.60. The van der Waals surface area contributed by atoms with Gasteiger partial charge in [-0.3, -0.25) is 4.79 Å². The maximum Gasteiger partial charge on any atom is 0.220 e. The summed E-state index contributed by atoms with van der Waals surface area (Å²) in [5, 5.41) is 6.96. The lowest BCUT2D eigenvalue weighted by Crippen LogP contribution is -2.36. The molecule has 0 saturated carbocycles. The van der Waals surface area contributed by atoms with Crippen molar-refractivity contribution in [3.05, 3.63) is 22.3 Å². The average Bonchev–Trinajstić information content (AvgIpc) is 3.01. The van der Waals surface area contributed by atoms with Gasteiger partial charge in [-0.15, -0.1) is 0 Å². The first-order chi connectivity index (χ1) is 9.67. The Kier molecular flexibility index (Phi) is 3.81. The van der Waals surface area contributed by atoms with Crippen LogP contribution < -0.4 is 15.4 Å². The topological polar surface area (TPSA) is 63.2 Å². The first kappa shape index (κ1) is 13.6. The summed E-state index contributed by atoms with van der Waals surface area (Å²) in [5.41, 5.74) is 2.32. The minimum Gasteiger partial charge on any atom is -0.481 e. The fraction of sp³-hybridized carbons (Fsp3) is 0.571. The van der Waals surface area contributed by atoms with Gasteiger partial charge in [-0.2, -0.15) is 0 Å². The second-order valence-electron chi connectivity index (χ2n) is 5.33. The SMILES string of the molecule is COc1nc(Cl)cc2c1[C@H](NC[C@@H]1CCC(=O)N1)CC2. The normalized spacial score (nSPS) is 24.6. The van der Waals surface area contributed by atoms with Gasteiger partial charge in [0.15, 0.2) is 0 Å². The number of amides is 1. The maximum atomic E-state index is 11.2. The Morgan fingerprint density at radius 3 is 3.05 bits per heavy atom. The minimum atomic E-state index is 0.148. The lowest BCUT2D eigenvalue weighted by molar-refractivity contribution is -0.119. The van der Waals surface area contributed by atoms with Crippen LogP contribution in [0, 0.1) is 0 Å². The molecule has 1 aromatic heterocycles. The van der Waals surface area contributed by atoms with E-state index in [0.29, 0.717) is 17.5 Å². The third-order valence-electron chi connectivity index (χ3n) is 4.02. The Balaban J connectivity index is 1.71. The Labute approximate surface area is 123 Å². The number of aromatic nitrogens is 1. The summed E-state index contributed by atoms with van der Waals surface area (Å²) in [6.45, 7) is 0.779. The Morgan fingerprint density at radius 1 is 1.50 bits per heavy atom. The number of ether oxygens (including phenoxy) is 1. The van der Waals surface area contributed by atoms with Crippen LogP contribution >= 0.6 is 11.6 Å². The monoisotopic (exact) mass is 295 g/mol. The molecule has 2 N–H and O–H groups in total. The molecule has 0 spiro atoms. The molecule has 3 rings (SSSR count). The number of hydrogen-bond donors (Lipinski definition) is 2. The molecule has 0 unspecified atom stereocenters. The van der Waals surface area contributed by atoms with Crippen LogP contribution in [0.5, 0.6) is 5.88 Å². The van der Waals surface area contributed by atoms with E-state index in [1.165, 1.54) is 5.56 Å². The van der Waals surface area contributed by atoms with Crippen LogP contribution in [0.25, 0.3) is 0 Å². The quantitative estimate of drug-likeness (QED) is 0.828. The highest BCUT2D eigenvalue weighted by Gasteiger charge is 2.29. The second-order valence-corrected chi connectivity index (χ2v) is 5.72. The van der Waals surface area contributed by atoms with E-state index in [2.05, 4.69) is 15.6 Å². The van der Waals surface area contributed by atoms with E-state index in [-0.39, 0.29) is 18.0 Å². The van der Waals surface area contributed by atoms with Gasteiger partial charge >= 0.3 is 0 Å². The minimum absolute atomic E-state index is 0.148. The number of nitrogens with zero attached hydrogens (tertiary/aromatic N) is 1. The number of aryl methyl sites for hydroxylation is 1. The number of fused-ring (bicyclic) bond motifs is 1. The summed E-state index contributed by atoms with van der Waals surface area (Å²) in [5.74, 6) is 0.757. The molecule has 1 aliphatic heterocycles. The highest BCUT2D eigenvalue weighted by Crippen LogP contribution is 2.38. The van der Waals surface area contributed by atoms with E-state index in [1.807, 2.05) is 6.07 Å². The predicted molar refractivity (Wildman–Crippen MR) is 76.0 cm³/mol. The molecule has 6 heteroatoms. The summed E-state index contributed by atoms with van der Waals surface area (Å²) in [4.78, 5) is 15.4. The van der Waals surface area contributed by atoms with E-state index in [1.54, 1.807) is 7.11 Å². The van der Waals surface area contributed by atoms with E-state index in [0.717, 1.165) is 31.4 Å². The number of nitrogens with one attached hydrogen (secondary N) is 2. The van der Waals surface area contributed by atoms with Crippen LogP contribution in [0.4, 0.5) is 0 Å². The standard InChI is InChI=1S/C14H18ClN3O2/c1-20-14-13-8(6-11(15)18-14)2-4-10(13)16-7-9-3-5-12(19)17-9/h6,9-10,16H,2-5,7H2,1H3,(H,17,19)/t9-,10+/m0/s1. The highest BCUT2D eigenvalue weighted by molar-refractivity contribution is 6.29. The van der Waals surface area contributed by atoms with Crippen LogP contribution in [0.1, 0.15) is 36.4 Å². The lowest BCUT2D eigenvalue weighted by atomic mass is 10.1. The van der Waals surface area contributed by atoms with Crippen molar-refractivity contribution < 1.29 is 9.53 Å². The van der Waals surface area contributed by atoms with Crippen LogP contribution in [0.2, 0.25) is 5.15 Å². The molecule has 0 aromatic carbocycles. The predicted octanol–water partition coefficient (Wildman–Crippen LogP) is 1.60. The van der Waals surface area contributed by atoms with Crippen molar-refractivity contribution in [3.8, 4) is 5.88 Å². The molecular weight excluding hydrogens is 278 g/mol. The number of hydrogen-bond acceptors (Lipinski definition) is 4. The Bertz CT molecular complexity index is 535. The zero-order valence-corrected chi connectivity index (χ0v) is 12.2. The van der Waals surface area contributed by atoms with Crippen molar-refractivity contribution in [1.82, 2.24) is 15.6 Å². The van der Waals surface area contributed by atoms with Crippen molar-refractivity contribution in [3.63, 3.8) is 0 Å². The molecule has 1 saturated heterocycles. The van der Waals surface area contributed by atoms with E-state index >= 15 is 0 Å². The van der Waals surface area contributed by atoms with Crippen molar-refractivity contribution in [2.45, 2.75) is 37.8 Å². The molecule has 1 fully saturated rings. The molecule has 1 aromatic rings. The number of rotatable bonds is 4. The zero-order chi connectivity index (χ0) is 14.1. The molecular formula is C14H18ClN3O2. The summed E-state index contributed by atoms with van der Waals surface area (Å²) in [6.07, 6.45) is 3.52. The van der Waals surface area contributed by atoms with Crippen molar-refractivity contribution in [2.24, 2.45) is 0 Å². The molecule has 1 aliphatic carbocycles. The van der Waals surface area contributed by atoms with Gasteiger partial charge in [0.25, 0.3) is 0 Å². The van der Waals surface area contributed by atoms with Crippen LogP contribution in [-0.4, -0.2) is 30.6 Å². The number of methoxy groups -OCH3 is 1. The highest BCUT2D eigenvalue weighted by atomic mass is 35.5. The maximum absolute atomic E-state index is 11.2. The summed E-state index contributed by atoms with van der Waals surface area (Å²) < 4.78 is 5.35. The molecule has 5 nitrogen and oxygen atoms in total. The van der Waals surface area contributed by atoms with Gasteiger partial charge in [-0.05, 0) is 30.9 Å². The summed E-state index contributed by atoms with van der Waals surface area (Å²) in [7, 11) is 1.62. The molecule has 2 aliphatic rings. The Morgan fingerprint density at radius 2 is 2.35 bits per heavy atom. The second kappa shape index (κ2) is 5.58. The molecule has 20 heavy (non-hydrogen) atoms. The first-order valence-corrected chi connectivity index (χ1v) is 7.31. The van der Waals surface area contributed by atoms with Gasteiger partial charge in [-0.25, -0.2) is 4.98 Å². The number of carbonyl (C=O) groups is 1. The van der Waals surface area contributed by atoms with Crippen LogP contribution in [0.15, 0.2) is 6.07 Å². The number of halogens is 1. The van der Waals surface area contributed by atoms with Crippen molar-refractivity contribution in [1.29, 1.82) is 0 Å². The molecule has 2 heterocycles. The first-order valence-electron chi connectivity index (χ1n) is 6.93. The van der Waals surface area contributed by atoms with Gasteiger partial charge in [0.2, 0.25) is 11.8 Å². The van der Waals surface area contributed by atoms with E-state index < -0.39 is 0 Å². The molecule has 108 valence electrons. The van der Waals surface area contributed by atoms with E-state index in [9.17, 15) is 4.79 Å². The summed E-state index contributed by atoms with van der Waals surface area (Å²) in [6, 6.07) is 2.37. The van der Waals surface area contributed by atoms with Gasteiger partial charge in [0, 0.05) is 30.6 Å². The third-order valence-corrected chi connectivity index (χ3v) is 4.21. The Hall–Kier alpha value is -1.33. The summed E-state index contributed by atoms with van der Waals surface area (Å²) >= 11 is 5.99. The number of pyridine rings is 1. The lowest BCUT2D eigenvalue weighted by Gasteiger charge is -2.19. The molecule has 2 atom stereocenters. The number of carbonyl (C=O) groups excluding carboxylic acids is 1. The van der Waals surface area contributed by atoms with E-state index in [4.69, 9.17) is 16.3 Å². The van der Waals surface area contributed by atoms with Crippen molar-refractivity contribution in [2.75, 3.05) is 13.7 Å². The largest absolute Gasteiger partial charge is 0.481 e. The molecule has 1 amide bonds. The van der Waals surface area contributed by atoms with Crippen LogP contribution in [0.3, 0.4) is 0 Å². The van der Waals surface area contributed by atoms with Crippen LogP contribution in [-0.2, 0) is 11.2 Å². The molecule has 0 radical (unpaired) electrons.